The molecule has 0 amide bonds. The van der Waals surface area contributed by atoms with Crippen molar-refractivity contribution in [3.63, 3.8) is 0 Å². The van der Waals surface area contributed by atoms with Crippen LogP contribution >= 0.6 is 0 Å². The van der Waals surface area contributed by atoms with Crippen LogP contribution in [0.4, 0.5) is 5.69 Å². The van der Waals surface area contributed by atoms with Crippen molar-refractivity contribution in [2.24, 2.45) is 0 Å². The summed E-state index contributed by atoms with van der Waals surface area (Å²) < 4.78 is 0. The molecule has 2 heteroatoms. The van der Waals surface area contributed by atoms with Crippen LogP contribution in [-0.2, 0) is 6.42 Å². The second kappa shape index (κ2) is 5.38. The van der Waals surface area contributed by atoms with Crippen LogP contribution in [0.1, 0.15) is 37.1 Å². The van der Waals surface area contributed by atoms with E-state index in [-0.39, 0.29) is 0 Å². The van der Waals surface area contributed by atoms with Crippen LogP contribution in [0, 0.1) is 13.8 Å². The Labute approximate surface area is 109 Å². The number of nitrogens with zero attached hydrogens (tertiary/aromatic N) is 1. The number of pyridine rings is 1. The van der Waals surface area contributed by atoms with Gasteiger partial charge in [-0.3, -0.25) is 4.98 Å². The van der Waals surface area contributed by atoms with Gasteiger partial charge in [0.1, 0.15) is 0 Å². The maximum absolute atomic E-state index is 4.80. The highest BCUT2D eigenvalue weighted by Gasteiger charge is 2.10. The third-order valence-electron chi connectivity index (χ3n) is 3.46. The van der Waals surface area contributed by atoms with Crippen molar-refractivity contribution in [3.05, 3.63) is 35.0 Å². The molecule has 0 bridgehead atoms. The smallest absolute Gasteiger partial charge is 0.0758 e. The molecule has 0 aliphatic heterocycles. The standard InChI is InChI=1S/C16H22N2/c1-5-8-13-9-7-10-14-15(17-6-2)11(3)12(4)18-16(13)14/h7,9-10H,5-6,8H2,1-4H3,(H,17,18). The van der Waals surface area contributed by atoms with E-state index in [0.29, 0.717) is 0 Å². The Morgan fingerprint density at radius 2 is 1.94 bits per heavy atom. The first-order valence-corrected chi connectivity index (χ1v) is 6.81. The molecule has 96 valence electrons. The average molecular weight is 242 g/mol. The van der Waals surface area contributed by atoms with Gasteiger partial charge in [-0.1, -0.05) is 31.5 Å². The minimum absolute atomic E-state index is 0.942. The van der Waals surface area contributed by atoms with Crippen molar-refractivity contribution in [1.82, 2.24) is 4.98 Å². The number of aromatic nitrogens is 1. The maximum Gasteiger partial charge on any atom is 0.0758 e. The molecule has 0 radical (unpaired) electrons. The summed E-state index contributed by atoms with van der Waals surface area (Å²) in [6, 6.07) is 6.51. The van der Waals surface area contributed by atoms with Gasteiger partial charge in [-0.15, -0.1) is 0 Å². The SMILES string of the molecule is CCCc1cccc2c(NCC)c(C)c(C)nc12. The molecule has 1 heterocycles. The van der Waals surface area contributed by atoms with Gasteiger partial charge in [-0.25, -0.2) is 0 Å². The van der Waals surface area contributed by atoms with E-state index in [1.807, 2.05) is 0 Å². The van der Waals surface area contributed by atoms with Crippen LogP contribution < -0.4 is 5.32 Å². The van der Waals surface area contributed by atoms with E-state index in [9.17, 15) is 0 Å². The Balaban J connectivity index is 2.73. The second-order valence-corrected chi connectivity index (χ2v) is 4.79. The van der Waals surface area contributed by atoms with Crippen LogP contribution in [0.25, 0.3) is 10.9 Å². The van der Waals surface area contributed by atoms with Crippen LogP contribution in [0.5, 0.6) is 0 Å². The molecule has 0 saturated carbocycles. The van der Waals surface area contributed by atoms with Crippen molar-refractivity contribution in [1.29, 1.82) is 0 Å². The topological polar surface area (TPSA) is 24.9 Å². The van der Waals surface area contributed by atoms with Crippen molar-refractivity contribution >= 4 is 16.6 Å². The first-order chi connectivity index (χ1) is 8.69. The molecule has 0 saturated heterocycles. The van der Waals surface area contributed by atoms with E-state index in [4.69, 9.17) is 4.98 Å². The fourth-order valence-electron chi connectivity index (χ4n) is 2.44. The molecule has 0 fully saturated rings. The van der Waals surface area contributed by atoms with Crippen LogP contribution in [-0.4, -0.2) is 11.5 Å². The Morgan fingerprint density at radius 3 is 2.61 bits per heavy atom. The highest BCUT2D eigenvalue weighted by atomic mass is 14.9. The zero-order valence-corrected chi connectivity index (χ0v) is 11.8. The lowest BCUT2D eigenvalue weighted by Crippen LogP contribution is -2.04. The fourth-order valence-corrected chi connectivity index (χ4v) is 2.44. The summed E-state index contributed by atoms with van der Waals surface area (Å²) in [6.45, 7) is 9.53. The van der Waals surface area contributed by atoms with Crippen molar-refractivity contribution in [3.8, 4) is 0 Å². The molecular formula is C16H22N2. The van der Waals surface area contributed by atoms with E-state index in [2.05, 4.69) is 51.2 Å². The van der Waals surface area contributed by atoms with Gasteiger partial charge in [-0.2, -0.15) is 0 Å². The van der Waals surface area contributed by atoms with Gasteiger partial charge >= 0.3 is 0 Å². The van der Waals surface area contributed by atoms with E-state index in [1.165, 1.54) is 27.7 Å². The van der Waals surface area contributed by atoms with E-state index >= 15 is 0 Å². The van der Waals surface area contributed by atoms with E-state index < -0.39 is 0 Å². The van der Waals surface area contributed by atoms with Gasteiger partial charge in [-0.05, 0) is 38.3 Å². The van der Waals surface area contributed by atoms with Crippen LogP contribution in [0.3, 0.4) is 0 Å². The first kappa shape index (κ1) is 12.9. The molecule has 2 rings (SSSR count). The van der Waals surface area contributed by atoms with Gasteiger partial charge in [0.25, 0.3) is 0 Å². The summed E-state index contributed by atoms with van der Waals surface area (Å²) in [7, 11) is 0. The zero-order chi connectivity index (χ0) is 13.1. The number of para-hydroxylation sites is 1. The van der Waals surface area contributed by atoms with E-state index in [0.717, 1.165) is 25.1 Å². The summed E-state index contributed by atoms with van der Waals surface area (Å²) in [6.07, 6.45) is 2.25. The van der Waals surface area contributed by atoms with Gasteiger partial charge in [0, 0.05) is 23.3 Å². The third-order valence-corrected chi connectivity index (χ3v) is 3.46. The molecule has 2 aromatic rings. The molecule has 0 unspecified atom stereocenters. The normalized spacial score (nSPS) is 10.9. The summed E-state index contributed by atoms with van der Waals surface area (Å²) in [5.74, 6) is 0. The quantitative estimate of drug-likeness (QED) is 0.867. The lowest BCUT2D eigenvalue weighted by atomic mass is 10.0. The molecule has 2 nitrogen and oxygen atoms in total. The Kier molecular flexibility index (Phi) is 3.85. The average Bonchev–Trinajstić information content (AvgIpc) is 2.36. The number of benzene rings is 1. The first-order valence-electron chi connectivity index (χ1n) is 6.81. The molecule has 0 atom stereocenters. The Hall–Kier alpha value is -1.57. The van der Waals surface area contributed by atoms with Gasteiger partial charge in [0.05, 0.1) is 5.52 Å². The number of fused-ring (bicyclic) bond motifs is 1. The number of rotatable bonds is 4. The highest BCUT2D eigenvalue weighted by Crippen LogP contribution is 2.30. The number of hydrogen-bond acceptors (Lipinski definition) is 2. The van der Waals surface area contributed by atoms with Crippen LogP contribution in [0.2, 0.25) is 0 Å². The predicted molar refractivity (Wildman–Crippen MR) is 79.4 cm³/mol. The second-order valence-electron chi connectivity index (χ2n) is 4.79. The summed E-state index contributed by atoms with van der Waals surface area (Å²) in [5.41, 5.74) is 6.16. The Bertz CT molecular complexity index is 559. The summed E-state index contributed by atoms with van der Waals surface area (Å²) in [5, 5.41) is 4.74. The lowest BCUT2D eigenvalue weighted by Gasteiger charge is -2.15. The molecule has 1 aromatic carbocycles. The summed E-state index contributed by atoms with van der Waals surface area (Å²) >= 11 is 0. The minimum Gasteiger partial charge on any atom is -0.385 e. The lowest BCUT2D eigenvalue weighted by molar-refractivity contribution is 0.925. The largest absolute Gasteiger partial charge is 0.385 e. The monoisotopic (exact) mass is 242 g/mol. The predicted octanol–water partition coefficient (Wildman–Crippen LogP) is 4.24. The molecular weight excluding hydrogens is 220 g/mol. The van der Waals surface area contributed by atoms with Crippen molar-refractivity contribution in [2.45, 2.75) is 40.5 Å². The van der Waals surface area contributed by atoms with Gasteiger partial charge < -0.3 is 5.32 Å². The molecule has 0 aliphatic carbocycles. The Morgan fingerprint density at radius 1 is 1.17 bits per heavy atom. The molecule has 1 aromatic heterocycles. The number of hydrogen-bond donors (Lipinski definition) is 1. The summed E-state index contributed by atoms with van der Waals surface area (Å²) in [4.78, 5) is 4.80. The van der Waals surface area contributed by atoms with Crippen molar-refractivity contribution in [2.75, 3.05) is 11.9 Å². The minimum atomic E-state index is 0.942. The number of nitrogens with one attached hydrogen (secondary N) is 1. The molecule has 1 N–H and O–H groups in total. The van der Waals surface area contributed by atoms with Gasteiger partial charge in [0.15, 0.2) is 0 Å². The highest BCUT2D eigenvalue weighted by molar-refractivity contribution is 5.95. The molecule has 0 spiro atoms. The fraction of sp³-hybridized carbons (Fsp3) is 0.438. The van der Waals surface area contributed by atoms with Crippen molar-refractivity contribution < 1.29 is 0 Å². The van der Waals surface area contributed by atoms with Crippen LogP contribution in [0.15, 0.2) is 18.2 Å². The molecule has 0 aliphatic rings. The number of anilines is 1. The maximum atomic E-state index is 4.80. The molecule has 18 heavy (non-hydrogen) atoms. The third kappa shape index (κ3) is 2.20. The zero-order valence-electron chi connectivity index (χ0n) is 11.8. The number of aryl methyl sites for hydroxylation is 2. The van der Waals surface area contributed by atoms with Gasteiger partial charge in [0.2, 0.25) is 0 Å². The van der Waals surface area contributed by atoms with E-state index in [1.54, 1.807) is 0 Å².